The number of cyclic esters (lactones) is 1. The third kappa shape index (κ3) is 11.9. The molecule has 0 aromatic carbocycles. The average Bonchev–Trinajstić information content (AvgIpc) is 3.58. The smallest absolute Gasteiger partial charge is 0.428 e. The molecule has 66 heavy (non-hydrogen) atoms. The summed E-state index contributed by atoms with van der Waals surface area (Å²) in [6.07, 6.45) is -14.5. The van der Waals surface area contributed by atoms with Gasteiger partial charge in [-0.1, -0.05) is 20.8 Å². The average molecular weight is 955 g/mol. The summed E-state index contributed by atoms with van der Waals surface area (Å²) in [5.74, 6) is -3.17. The number of halogens is 3. The minimum absolute atomic E-state index is 0.0405. The highest BCUT2D eigenvalue weighted by Crippen LogP contribution is 2.45. The van der Waals surface area contributed by atoms with Crippen LogP contribution < -0.4 is 10.6 Å². The molecule has 1 unspecified atom stereocenters. The largest absolute Gasteiger partial charge is 0.459 e. The van der Waals surface area contributed by atoms with E-state index in [2.05, 4.69) is 10.6 Å². The van der Waals surface area contributed by atoms with Crippen molar-refractivity contribution in [3.63, 3.8) is 0 Å². The van der Waals surface area contributed by atoms with E-state index >= 15 is 0 Å². The number of fused-ring (bicyclic) bond motifs is 1. The third-order valence-electron chi connectivity index (χ3n) is 15.3. The van der Waals surface area contributed by atoms with Crippen LogP contribution in [0.15, 0.2) is 0 Å². The number of nitrogens with one attached hydrogen (secondary N) is 2. The van der Waals surface area contributed by atoms with E-state index in [4.69, 9.17) is 33.2 Å². The SMILES string of the molecule is CC[C@H]1OC(=O)[C@H](C)[C@@H](O[C@H]2C[C@@](C)(OC)[C@](O)(CNCCN3CCCCC3=O)[C@H](C)O2)[C@H](C)[C@@H](O[C@@H]2O[C@H](C)C[C@H]3[C@H]2OC(C(F)(F)F)N3C)[C@](C)(O)C[C@@H](C)CN[C@H](C)[C@@H](O)[C@]1(C)O. The van der Waals surface area contributed by atoms with Gasteiger partial charge in [-0.05, 0) is 100 Å². The minimum atomic E-state index is -4.71. The Balaban J connectivity index is 1.51. The van der Waals surface area contributed by atoms with Crippen LogP contribution in [0.3, 0.4) is 0 Å². The first-order valence-electron chi connectivity index (χ1n) is 24.0. The van der Waals surface area contributed by atoms with Crippen molar-refractivity contribution in [2.45, 2.75) is 216 Å². The fourth-order valence-corrected chi connectivity index (χ4v) is 11.1. The Bertz CT molecular complexity index is 1620. The molecule has 5 heterocycles. The molecule has 17 nitrogen and oxygen atoms in total. The molecule has 5 fully saturated rings. The van der Waals surface area contributed by atoms with Gasteiger partial charge in [0.15, 0.2) is 12.6 Å². The minimum Gasteiger partial charge on any atom is -0.459 e. The van der Waals surface area contributed by atoms with Gasteiger partial charge in [0.25, 0.3) is 0 Å². The Hall–Kier alpha value is -1.79. The van der Waals surface area contributed by atoms with Crippen LogP contribution in [0, 0.1) is 17.8 Å². The number of piperidine rings is 1. The van der Waals surface area contributed by atoms with Crippen LogP contribution >= 0.6 is 0 Å². The monoisotopic (exact) mass is 955 g/mol. The number of methoxy groups -OCH3 is 1. The number of hydrogen-bond acceptors (Lipinski definition) is 16. The molecule has 0 radical (unpaired) electrons. The van der Waals surface area contributed by atoms with Gasteiger partial charge < -0.3 is 69.1 Å². The number of rotatable bonds is 11. The summed E-state index contributed by atoms with van der Waals surface area (Å²) in [6, 6.07) is -1.43. The highest BCUT2D eigenvalue weighted by atomic mass is 19.4. The van der Waals surface area contributed by atoms with Crippen molar-refractivity contribution in [3.05, 3.63) is 0 Å². The number of likely N-dealkylation sites (tertiary alicyclic amines) is 1. The molecular weight excluding hydrogens is 874 g/mol. The van der Waals surface area contributed by atoms with E-state index in [0.29, 0.717) is 26.1 Å². The molecule has 0 bridgehead atoms. The van der Waals surface area contributed by atoms with Crippen molar-refractivity contribution in [1.29, 1.82) is 0 Å². The highest BCUT2D eigenvalue weighted by Gasteiger charge is 2.61. The molecule has 5 aliphatic heterocycles. The number of nitrogens with zero attached hydrogens (tertiary/aromatic N) is 2. The lowest BCUT2D eigenvalue weighted by Crippen LogP contribution is -2.70. The van der Waals surface area contributed by atoms with E-state index in [1.54, 1.807) is 60.3 Å². The summed E-state index contributed by atoms with van der Waals surface area (Å²) in [4.78, 5) is 29.8. The molecule has 0 spiro atoms. The first kappa shape index (κ1) is 55.1. The molecule has 1 amide bonds. The van der Waals surface area contributed by atoms with Crippen LogP contribution in [0.1, 0.15) is 114 Å². The molecule has 5 rings (SSSR count). The normalized spacial score (nSPS) is 46.3. The summed E-state index contributed by atoms with van der Waals surface area (Å²) < 4.78 is 86.9. The number of esters is 1. The lowest BCUT2D eigenvalue weighted by Gasteiger charge is -2.53. The van der Waals surface area contributed by atoms with E-state index in [1.165, 1.54) is 21.1 Å². The second kappa shape index (κ2) is 21.7. The summed E-state index contributed by atoms with van der Waals surface area (Å²) in [5, 5.41) is 54.7. The number of aliphatic hydroxyl groups excluding tert-OH is 1. The molecular formula is C46H81F3N4O13. The molecule has 5 aliphatic rings. The maximum absolute atomic E-state index is 14.5. The predicted molar refractivity (Wildman–Crippen MR) is 235 cm³/mol. The maximum atomic E-state index is 14.5. The van der Waals surface area contributed by atoms with Gasteiger partial charge in [0.2, 0.25) is 12.1 Å². The quantitative estimate of drug-likeness (QED) is 0.130. The number of alkyl halides is 3. The van der Waals surface area contributed by atoms with Gasteiger partial charge in [0, 0.05) is 64.1 Å². The number of carbonyl (C=O) groups is 2. The Morgan fingerprint density at radius 3 is 2.27 bits per heavy atom. The van der Waals surface area contributed by atoms with Crippen molar-refractivity contribution in [2.24, 2.45) is 17.8 Å². The topological polar surface area (TPSA) is 210 Å². The van der Waals surface area contributed by atoms with Gasteiger partial charge in [0.05, 0.1) is 35.9 Å². The fourth-order valence-electron chi connectivity index (χ4n) is 11.1. The zero-order chi connectivity index (χ0) is 49.3. The van der Waals surface area contributed by atoms with Crippen LogP contribution in [0.4, 0.5) is 13.2 Å². The second-order valence-corrected chi connectivity index (χ2v) is 20.7. The van der Waals surface area contributed by atoms with Gasteiger partial charge in [-0.25, -0.2) is 0 Å². The zero-order valence-corrected chi connectivity index (χ0v) is 41.1. The molecule has 19 atom stereocenters. The Kier molecular flexibility index (Phi) is 18.1. The number of likely N-dealkylation sites (N-methyl/N-ethyl adjacent to an activating group) is 1. The van der Waals surface area contributed by atoms with Crippen molar-refractivity contribution in [3.8, 4) is 0 Å². The number of amides is 1. The second-order valence-electron chi connectivity index (χ2n) is 20.7. The number of carbonyl (C=O) groups excluding carboxylic acids is 2. The van der Waals surface area contributed by atoms with Crippen LogP contribution in [0.25, 0.3) is 0 Å². The molecule has 5 saturated heterocycles. The van der Waals surface area contributed by atoms with E-state index in [0.717, 1.165) is 17.7 Å². The maximum Gasteiger partial charge on any atom is 0.428 e. The van der Waals surface area contributed by atoms with Crippen molar-refractivity contribution < 1.29 is 76.3 Å². The number of aliphatic hydroxyl groups is 4. The summed E-state index contributed by atoms with van der Waals surface area (Å²) >= 11 is 0. The standard InChI is InChI=1S/C46H81F3N4O13/c1-13-32-44(10,58)37(55)29(6)51-23-25(2)21-42(8,57)38(66-40-36-31(20-26(3)61-40)52(11)41(65-36)46(47,48)49)27(4)35(28(5)39(56)63-32)64-34-22-43(9,60-12)45(59,30(7)62-34)24-50-17-19-53-18-15-14-16-33(53)54/h25-32,34-38,40-41,50-51,55,57-59H,13-24H2,1-12H3/t25-,26-,27+,28-,29-,30+,31+,32-,34+,35+,36-,37-,38-,40+,41?,42-,43-,44-,45+/m1/s1. The summed E-state index contributed by atoms with van der Waals surface area (Å²) in [7, 11) is 2.81. The Labute approximate surface area is 389 Å². The first-order valence-corrected chi connectivity index (χ1v) is 24.0. The highest BCUT2D eigenvalue weighted by molar-refractivity contribution is 5.76. The molecule has 20 heteroatoms. The molecule has 6 N–H and O–H groups in total. The number of hydrogen-bond donors (Lipinski definition) is 6. The lowest BCUT2D eigenvalue weighted by atomic mass is 9.75. The zero-order valence-electron chi connectivity index (χ0n) is 41.1. The van der Waals surface area contributed by atoms with Crippen LogP contribution in [-0.2, 0) is 42.7 Å². The Morgan fingerprint density at radius 1 is 0.970 bits per heavy atom. The van der Waals surface area contributed by atoms with E-state index in [-0.39, 0.29) is 50.6 Å². The van der Waals surface area contributed by atoms with Crippen molar-refractivity contribution >= 4 is 11.9 Å². The van der Waals surface area contributed by atoms with E-state index in [9.17, 15) is 43.2 Å². The van der Waals surface area contributed by atoms with Crippen LogP contribution in [0.2, 0.25) is 0 Å². The molecule has 384 valence electrons. The van der Waals surface area contributed by atoms with E-state index < -0.39 is 120 Å². The number of ether oxygens (including phenoxy) is 7. The van der Waals surface area contributed by atoms with Gasteiger partial charge in [-0.3, -0.25) is 14.5 Å². The van der Waals surface area contributed by atoms with Gasteiger partial charge in [-0.2, -0.15) is 13.2 Å². The van der Waals surface area contributed by atoms with Gasteiger partial charge in [-0.15, -0.1) is 0 Å². The van der Waals surface area contributed by atoms with Gasteiger partial charge in [0.1, 0.15) is 35.1 Å². The predicted octanol–water partition coefficient (Wildman–Crippen LogP) is 2.83. The molecule has 0 aromatic heterocycles. The molecule has 0 aliphatic carbocycles. The first-order chi connectivity index (χ1) is 30.6. The van der Waals surface area contributed by atoms with E-state index in [1.807, 2.05) is 6.92 Å². The molecule has 0 aromatic rings. The van der Waals surface area contributed by atoms with Crippen LogP contribution in [-0.4, -0.2) is 191 Å². The summed E-state index contributed by atoms with van der Waals surface area (Å²) in [5.41, 5.74) is -6.60. The lowest BCUT2D eigenvalue weighted by molar-refractivity contribution is -0.336. The summed E-state index contributed by atoms with van der Waals surface area (Å²) in [6.45, 7) is 18.5. The fraction of sp³-hybridized carbons (Fsp3) is 0.957. The van der Waals surface area contributed by atoms with Crippen molar-refractivity contribution in [1.82, 2.24) is 20.4 Å². The van der Waals surface area contributed by atoms with Crippen LogP contribution in [0.5, 0.6) is 0 Å². The Morgan fingerprint density at radius 2 is 1.65 bits per heavy atom. The molecule has 0 saturated carbocycles. The van der Waals surface area contributed by atoms with Crippen molar-refractivity contribution in [2.75, 3.05) is 46.9 Å². The third-order valence-corrected chi connectivity index (χ3v) is 15.3. The van der Waals surface area contributed by atoms with Gasteiger partial charge >= 0.3 is 12.1 Å².